The van der Waals surface area contributed by atoms with Crippen molar-refractivity contribution in [1.29, 1.82) is 0 Å². The Kier molecular flexibility index (Phi) is 2.85. The lowest BCUT2D eigenvalue weighted by Gasteiger charge is -2.45. The van der Waals surface area contributed by atoms with Gasteiger partial charge in [0.25, 0.3) is 0 Å². The highest BCUT2D eigenvalue weighted by atomic mass is 16.5. The minimum atomic E-state index is 0.842. The fourth-order valence-corrected chi connectivity index (χ4v) is 4.47. The Hall–Kier alpha value is -1.02. The number of aryl methyl sites for hydroxylation is 1. The highest BCUT2D eigenvalue weighted by molar-refractivity contribution is 5.37. The van der Waals surface area contributed by atoms with Gasteiger partial charge in [0.2, 0.25) is 0 Å². The molecule has 0 radical (unpaired) electrons. The van der Waals surface area contributed by atoms with E-state index < -0.39 is 0 Å². The van der Waals surface area contributed by atoms with Crippen LogP contribution in [0.15, 0.2) is 18.2 Å². The molecule has 108 valence electrons. The van der Waals surface area contributed by atoms with Gasteiger partial charge < -0.3 is 9.22 Å². The SMILES string of the molecule is COc1ccc2c(c1)CC([N+](C)(C1CC1)C1CC1)CC2. The molecular weight excluding hydrogens is 246 g/mol. The van der Waals surface area contributed by atoms with Crippen LogP contribution in [0, 0.1) is 0 Å². The Morgan fingerprint density at radius 2 is 1.65 bits per heavy atom. The third kappa shape index (κ3) is 1.96. The lowest BCUT2D eigenvalue weighted by atomic mass is 9.86. The van der Waals surface area contributed by atoms with Crippen molar-refractivity contribution in [3.8, 4) is 5.75 Å². The Bertz CT molecular complexity index is 504. The maximum Gasteiger partial charge on any atom is 0.119 e. The minimum Gasteiger partial charge on any atom is -0.497 e. The van der Waals surface area contributed by atoms with Crippen molar-refractivity contribution in [2.24, 2.45) is 0 Å². The van der Waals surface area contributed by atoms with Gasteiger partial charge in [0.05, 0.1) is 32.3 Å². The van der Waals surface area contributed by atoms with Crippen molar-refractivity contribution in [2.75, 3.05) is 14.2 Å². The monoisotopic (exact) mass is 272 g/mol. The van der Waals surface area contributed by atoms with Crippen LogP contribution in [0.3, 0.4) is 0 Å². The predicted molar refractivity (Wildman–Crippen MR) is 81.0 cm³/mol. The molecule has 0 bridgehead atoms. The molecular formula is C18H26NO+. The van der Waals surface area contributed by atoms with Crippen LogP contribution >= 0.6 is 0 Å². The molecule has 0 saturated heterocycles. The van der Waals surface area contributed by atoms with Crippen molar-refractivity contribution in [1.82, 2.24) is 0 Å². The van der Waals surface area contributed by atoms with Crippen LogP contribution in [0.2, 0.25) is 0 Å². The van der Waals surface area contributed by atoms with E-state index in [9.17, 15) is 0 Å². The Labute approximate surface area is 122 Å². The lowest BCUT2D eigenvalue weighted by Crippen LogP contribution is -2.57. The molecule has 1 atom stereocenters. The summed E-state index contributed by atoms with van der Waals surface area (Å²) in [6.45, 7) is 0. The summed E-state index contributed by atoms with van der Waals surface area (Å²) in [6, 6.07) is 9.47. The molecule has 3 aliphatic rings. The maximum absolute atomic E-state index is 5.42. The molecule has 3 aliphatic carbocycles. The molecule has 0 N–H and O–H groups in total. The number of ether oxygens (including phenoxy) is 1. The summed E-state index contributed by atoms with van der Waals surface area (Å²) in [4.78, 5) is 0. The zero-order valence-corrected chi connectivity index (χ0v) is 12.8. The van der Waals surface area contributed by atoms with Crippen LogP contribution in [-0.2, 0) is 12.8 Å². The summed E-state index contributed by atoms with van der Waals surface area (Å²) in [6.07, 6.45) is 9.77. The second-order valence-corrected chi connectivity index (χ2v) is 7.22. The van der Waals surface area contributed by atoms with Crippen molar-refractivity contribution in [2.45, 2.75) is 63.1 Å². The third-order valence-electron chi connectivity index (χ3n) is 6.07. The minimum absolute atomic E-state index is 0.842. The summed E-state index contributed by atoms with van der Waals surface area (Å²) in [5.41, 5.74) is 3.10. The number of likely N-dealkylation sites (N-methyl/N-ethyl adjacent to an activating group) is 1. The average molecular weight is 272 g/mol. The van der Waals surface area contributed by atoms with E-state index in [0.29, 0.717) is 0 Å². The largest absolute Gasteiger partial charge is 0.497 e. The zero-order valence-electron chi connectivity index (χ0n) is 12.8. The van der Waals surface area contributed by atoms with Crippen LogP contribution in [0.5, 0.6) is 5.75 Å². The van der Waals surface area contributed by atoms with Gasteiger partial charge in [0, 0.05) is 38.5 Å². The normalized spacial score (nSPS) is 26.2. The first-order valence-electron chi connectivity index (χ1n) is 8.23. The molecule has 2 heteroatoms. The molecule has 0 aliphatic heterocycles. The fraction of sp³-hybridized carbons (Fsp3) is 0.667. The zero-order chi connectivity index (χ0) is 13.7. The van der Waals surface area contributed by atoms with Gasteiger partial charge in [0.1, 0.15) is 5.75 Å². The molecule has 1 aromatic rings. The second kappa shape index (κ2) is 4.49. The van der Waals surface area contributed by atoms with Crippen molar-refractivity contribution in [3.63, 3.8) is 0 Å². The summed E-state index contributed by atoms with van der Waals surface area (Å²) < 4.78 is 6.80. The van der Waals surface area contributed by atoms with Crippen LogP contribution in [0.1, 0.15) is 43.2 Å². The van der Waals surface area contributed by atoms with Crippen LogP contribution in [0.4, 0.5) is 0 Å². The Balaban J connectivity index is 1.61. The van der Waals surface area contributed by atoms with E-state index in [1.165, 1.54) is 49.4 Å². The second-order valence-electron chi connectivity index (χ2n) is 7.22. The summed E-state index contributed by atoms with van der Waals surface area (Å²) in [7, 11) is 4.34. The lowest BCUT2D eigenvalue weighted by molar-refractivity contribution is -0.954. The van der Waals surface area contributed by atoms with Gasteiger partial charge in [-0.1, -0.05) is 6.07 Å². The molecule has 2 saturated carbocycles. The van der Waals surface area contributed by atoms with Gasteiger partial charge in [-0.3, -0.25) is 0 Å². The molecule has 2 nitrogen and oxygen atoms in total. The summed E-state index contributed by atoms with van der Waals surface area (Å²) >= 11 is 0. The number of benzene rings is 1. The van der Waals surface area contributed by atoms with E-state index in [1.54, 1.807) is 18.2 Å². The molecule has 0 heterocycles. The number of rotatable bonds is 4. The maximum atomic E-state index is 5.42. The van der Waals surface area contributed by atoms with Gasteiger partial charge in [-0.05, 0) is 29.7 Å². The van der Waals surface area contributed by atoms with Crippen molar-refractivity contribution < 1.29 is 9.22 Å². The van der Waals surface area contributed by atoms with E-state index in [4.69, 9.17) is 4.74 Å². The topological polar surface area (TPSA) is 9.23 Å². The molecule has 0 aromatic heterocycles. The predicted octanol–water partition coefficient (Wildman–Crippen LogP) is 3.32. The van der Waals surface area contributed by atoms with E-state index in [1.807, 2.05) is 0 Å². The van der Waals surface area contributed by atoms with E-state index >= 15 is 0 Å². The number of hydrogen-bond donors (Lipinski definition) is 0. The molecule has 1 aromatic carbocycles. The standard InChI is InChI=1S/C18H26NO/c1-19(15-6-7-15,16-8-9-16)17-5-3-13-4-10-18(20-2)12-14(13)11-17/h4,10,12,15-17H,3,5-9,11H2,1-2H3/q+1. The summed E-state index contributed by atoms with van der Waals surface area (Å²) in [5.74, 6) is 1.02. The van der Waals surface area contributed by atoms with E-state index in [0.717, 1.165) is 23.9 Å². The van der Waals surface area contributed by atoms with Gasteiger partial charge in [-0.2, -0.15) is 0 Å². The van der Waals surface area contributed by atoms with Crippen LogP contribution in [-0.4, -0.2) is 36.8 Å². The van der Waals surface area contributed by atoms with Gasteiger partial charge in [-0.15, -0.1) is 0 Å². The van der Waals surface area contributed by atoms with Crippen LogP contribution < -0.4 is 4.74 Å². The van der Waals surface area contributed by atoms with Gasteiger partial charge in [0.15, 0.2) is 0 Å². The molecule has 0 amide bonds. The molecule has 20 heavy (non-hydrogen) atoms. The van der Waals surface area contributed by atoms with E-state index in [-0.39, 0.29) is 0 Å². The number of hydrogen-bond acceptors (Lipinski definition) is 1. The smallest absolute Gasteiger partial charge is 0.119 e. The van der Waals surface area contributed by atoms with Crippen molar-refractivity contribution >= 4 is 0 Å². The number of methoxy groups -OCH3 is 1. The number of nitrogens with zero attached hydrogens (tertiary/aromatic N) is 1. The quantitative estimate of drug-likeness (QED) is 0.764. The highest BCUT2D eigenvalue weighted by Crippen LogP contribution is 2.47. The summed E-state index contributed by atoms with van der Waals surface area (Å²) in [5, 5.41) is 0. The Morgan fingerprint density at radius 3 is 2.25 bits per heavy atom. The van der Waals surface area contributed by atoms with Gasteiger partial charge in [-0.25, -0.2) is 0 Å². The van der Waals surface area contributed by atoms with Crippen molar-refractivity contribution in [3.05, 3.63) is 29.3 Å². The average Bonchev–Trinajstić information content (AvgIpc) is 3.36. The molecule has 0 spiro atoms. The molecule has 2 fully saturated rings. The Morgan fingerprint density at radius 1 is 0.950 bits per heavy atom. The van der Waals surface area contributed by atoms with Gasteiger partial charge >= 0.3 is 0 Å². The third-order valence-corrected chi connectivity index (χ3v) is 6.07. The first-order chi connectivity index (χ1) is 9.71. The number of fused-ring (bicyclic) bond motifs is 1. The van der Waals surface area contributed by atoms with Crippen LogP contribution in [0.25, 0.3) is 0 Å². The molecule has 1 unspecified atom stereocenters. The highest BCUT2D eigenvalue weighted by Gasteiger charge is 2.55. The first kappa shape index (κ1) is 12.7. The molecule has 4 rings (SSSR count). The number of quaternary nitrogens is 1. The fourth-order valence-electron chi connectivity index (χ4n) is 4.47. The first-order valence-corrected chi connectivity index (χ1v) is 8.23. The van der Waals surface area contributed by atoms with E-state index in [2.05, 4.69) is 25.2 Å².